The van der Waals surface area contributed by atoms with Gasteiger partial charge in [0.05, 0.1) is 18.4 Å². The van der Waals surface area contributed by atoms with Gasteiger partial charge in [0.15, 0.2) is 0 Å². The van der Waals surface area contributed by atoms with Crippen molar-refractivity contribution in [1.82, 2.24) is 10.3 Å². The molecule has 20 heavy (non-hydrogen) atoms. The van der Waals surface area contributed by atoms with Crippen LogP contribution in [0.25, 0.3) is 0 Å². The maximum absolute atomic E-state index is 12.2. The molecule has 0 saturated heterocycles. The van der Waals surface area contributed by atoms with E-state index in [1.54, 1.807) is 19.1 Å². The molecule has 0 aliphatic carbocycles. The second-order valence-corrected chi connectivity index (χ2v) is 5.26. The minimum absolute atomic E-state index is 0.275. The minimum atomic E-state index is -0.631. The number of nitrogens with one attached hydrogen (secondary N) is 1. The van der Waals surface area contributed by atoms with Crippen LogP contribution in [-0.4, -0.2) is 30.0 Å². The molecule has 110 valence electrons. The quantitative estimate of drug-likeness (QED) is 0.837. The first kappa shape index (κ1) is 16.1. The number of aryl methyl sites for hydroxylation is 2. The number of esters is 1. The second-order valence-electron chi connectivity index (χ2n) is 5.26. The van der Waals surface area contributed by atoms with Gasteiger partial charge in [-0.1, -0.05) is 13.8 Å². The Morgan fingerprint density at radius 2 is 1.95 bits per heavy atom. The van der Waals surface area contributed by atoms with Crippen molar-refractivity contribution in [2.45, 2.75) is 40.2 Å². The number of hydrogen-bond donors (Lipinski definition) is 1. The second kappa shape index (κ2) is 7.03. The number of aromatic nitrogens is 1. The summed E-state index contributed by atoms with van der Waals surface area (Å²) in [6, 6.07) is 2.86. The zero-order valence-corrected chi connectivity index (χ0v) is 12.7. The van der Waals surface area contributed by atoms with Crippen LogP contribution in [0.2, 0.25) is 0 Å². The normalized spacial score (nSPS) is 12.1. The highest BCUT2D eigenvalue weighted by atomic mass is 16.5. The summed E-state index contributed by atoms with van der Waals surface area (Å²) < 4.78 is 4.73. The van der Waals surface area contributed by atoms with E-state index < -0.39 is 12.0 Å². The van der Waals surface area contributed by atoms with Gasteiger partial charge in [-0.3, -0.25) is 9.78 Å². The van der Waals surface area contributed by atoms with Crippen LogP contribution >= 0.6 is 0 Å². The Morgan fingerprint density at radius 1 is 1.30 bits per heavy atom. The van der Waals surface area contributed by atoms with Crippen LogP contribution in [0.3, 0.4) is 0 Å². The lowest BCUT2D eigenvalue weighted by Crippen LogP contribution is -2.42. The van der Waals surface area contributed by atoms with Gasteiger partial charge >= 0.3 is 5.97 Å². The molecule has 5 nitrogen and oxygen atoms in total. The van der Waals surface area contributed by atoms with Gasteiger partial charge in [-0.15, -0.1) is 0 Å². The smallest absolute Gasteiger partial charge is 0.328 e. The molecular formula is C15H22N2O3. The zero-order valence-electron chi connectivity index (χ0n) is 12.7. The summed E-state index contributed by atoms with van der Waals surface area (Å²) in [5, 5.41) is 2.72. The number of hydrogen-bond acceptors (Lipinski definition) is 4. The molecule has 0 aliphatic heterocycles. The minimum Gasteiger partial charge on any atom is -0.467 e. The highest BCUT2D eigenvalue weighted by Gasteiger charge is 2.23. The van der Waals surface area contributed by atoms with Crippen LogP contribution in [0.5, 0.6) is 0 Å². The van der Waals surface area contributed by atoms with Gasteiger partial charge < -0.3 is 10.1 Å². The van der Waals surface area contributed by atoms with Crippen molar-refractivity contribution in [3.05, 3.63) is 29.1 Å². The summed E-state index contributed by atoms with van der Waals surface area (Å²) in [6.45, 7) is 7.61. The van der Waals surface area contributed by atoms with Crippen molar-refractivity contribution in [1.29, 1.82) is 0 Å². The first-order valence-corrected chi connectivity index (χ1v) is 6.68. The van der Waals surface area contributed by atoms with E-state index in [9.17, 15) is 9.59 Å². The highest BCUT2D eigenvalue weighted by Crippen LogP contribution is 2.10. The lowest BCUT2D eigenvalue weighted by Gasteiger charge is -2.18. The van der Waals surface area contributed by atoms with E-state index in [1.807, 2.05) is 20.8 Å². The van der Waals surface area contributed by atoms with E-state index in [0.29, 0.717) is 17.7 Å². The van der Waals surface area contributed by atoms with Crippen LogP contribution < -0.4 is 5.32 Å². The third-order valence-corrected chi connectivity index (χ3v) is 2.97. The van der Waals surface area contributed by atoms with Gasteiger partial charge in [0, 0.05) is 5.69 Å². The molecule has 1 rings (SSSR count). The Labute approximate surface area is 119 Å². The Morgan fingerprint density at radius 3 is 2.45 bits per heavy atom. The van der Waals surface area contributed by atoms with Gasteiger partial charge in [-0.2, -0.15) is 0 Å². The Bertz CT molecular complexity index is 498. The van der Waals surface area contributed by atoms with Crippen molar-refractivity contribution in [3.63, 3.8) is 0 Å². The van der Waals surface area contributed by atoms with Crippen molar-refractivity contribution >= 4 is 11.9 Å². The molecular weight excluding hydrogens is 256 g/mol. The summed E-state index contributed by atoms with van der Waals surface area (Å²) in [7, 11) is 1.32. The van der Waals surface area contributed by atoms with E-state index in [2.05, 4.69) is 10.3 Å². The monoisotopic (exact) mass is 278 g/mol. The predicted octanol–water partition coefficient (Wildman–Crippen LogP) is 2.02. The standard InChI is InChI=1S/C15H22N2O3/c1-9(2)8-13(15(19)20-5)17-14(18)12-7-6-10(3)16-11(12)4/h6-7,9,13H,8H2,1-5H3,(H,17,18). The summed E-state index contributed by atoms with van der Waals surface area (Å²) in [6.07, 6.45) is 0.538. The van der Waals surface area contributed by atoms with Crippen molar-refractivity contribution in [2.24, 2.45) is 5.92 Å². The number of methoxy groups -OCH3 is 1. The Kier molecular flexibility index (Phi) is 5.67. The van der Waals surface area contributed by atoms with E-state index in [-0.39, 0.29) is 11.8 Å². The van der Waals surface area contributed by atoms with Crippen LogP contribution in [0.1, 0.15) is 42.0 Å². The maximum Gasteiger partial charge on any atom is 0.328 e. The van der Waals surface area contributed by atoms with Gasteiger partial charge in [0.1, 0.15) is 6.04 Å². The van der Waals surface area contributed by atoms with Gasteiger partial charge in [-0.05, 0) is 38.3 Å². The molecule has 0 aliphatic rings. The molecule has 1 aromatic rings. The molecule has 1 N–H and O–H groups in total. The Balaban J connectivity index is 2.87. The number of ether oxygens (including phenoxy) is 1. The SMILES string of the molecule is COC(=O)C(CC(C)C)NC(=O)c1ccc(C)nc1C. The average molecular weight is 278 g/mol. The fraction of sp³-hybridized carbons (Fsp3) is 0.533. The lowest BCUT2D eigenvalue weighted by atomic mass is 10.0. The van der Waals surface area contributed by atoms with Gasteiger partial charge in [0.2, 0.25) is 0 Å². The van der Waals surface area contributed by atoms with Gasteiger partial charge in [-0.25, -0.2) is 4.79 Å². The van der Waals surface area contributed by atoms with Gasteiger partial charge in [0.25, 0.3) is 5.91 Å². The molecule has 1 amide bonds. The largest absolute Gasteiger partial charge is 0.467 e. The number of nitrogens with zero attached hydrogens (tertiary/aromatic N) is 1. The number of rotatable bonds is 5. The fourth-order valence-corrected chi connectivity index (χ4v) is 1.99. The van der Waals surface area contributed by atoms with E-state index in [0.717, 1.165) is 5.69 Å². The molecule has 1 unspecified atom stereocenters. The Hall–Kier alpha value is -1.91. The third kappa shape index (κ3) is 4.33. The van der Waals surface area contributed by atoms with E-state index in [1.165, 1.54) is 7.11 Å². The molecule has 0 fully saturated rings. The first-order valence-electron chi connectivity index (χ1n) is 6.68. The molecule has 0 radical (unpaired) electrons. The molecule has 0 saturated carbocycles. The number of carbonyl (C=O) groups excluding carboxylic acids is 2. The van der Waals surface area contributed by atoms with Crippen LogP contribution in [0.15, 0.2) is 12.1 Å². The molecule has 5 heteroatoms. The fourth-order valence-electron chi connectivity index (χ4n) is 1.99. The summed E-state index contributed by atoms with van der Waals surface area (Å²) >= 11 is 0. The molecule has 0 spiro atoms. The molecule has 1 heterocycles. The van der Waals surface area contributed by atoms with E-state index >= 15 is 0 Å². The van der Waals surface area contributed by atoms with Crippen molar-refractivity contribution in [2.75, 3.05) is 7.11 Å². The van der Waals surface area contributed by atoms with E-state index in [4.69, 9.17) is 4.74 Å². The van der Waals surface area contributed by atoms with Crippen LogP contribution in [0.4, 0.5) is 0 Å². The van der Waals surface area contributed by atoms with Crippen molar-refractivity contribution in [3.8, 4) is 0 Å². The number of pyridine rings is 1. The van der Waals surface area contributed by atoms with Crippen LogP contribution in [0, 0.1) is 19.8 Å². The highest BCUT2D eigenvalue weighted by molar-refractivity contribution is 5.97. The number of carbonyl (C=O) groups is 2. The summed E-state index contributed by atoms with van der Waals surface area (Å²) in [4.78, 5) is 28.2. The number of amides is 1. The first-order chi connectivity index (χ1) is 9.35. The predicted molar refractivity (Wildman–Crippen MR) is 76.4 cm³/mol. The topological polar surface area (TPSA) is 68.3 Å². The molecule has 0 bridgehead atoms. The molecule has 0 aromatic carbocycles. The van der Waals surface area contributed by atoms with Crippen LogP contribution in [-0.2, 0) is 9.53 Å². The lowest BCUT2D eigenvalue weighted by molar-refractivity contribution is -0.143. The zero-order chi connectivity index (χ0) is 15.3. The van der Waals surface area contributed by atoms with Crippen molar-refractivity contribution < 1.29 is 14.3 Å². The molecule has 1 atom stereocenters. The maximum atomic E-state index is 12.2. The summed E-state index contributed by atoms with van der Waals surface area (Å²) in [5.41, 5.74) is 1.98. The average Bonchev–Trinajstić information content (AvgIpc) is 2.36. The summed E-state index contributed by atoms with van der Waals surface area (Å²) in [5.74, 6) is -0.451. The molecule has 1 aromatic heterocycles. The third-order valence-electron chi connectivity index (χ3n) is 2.97.